The second-order valence-electron chi connectivity index (χ2n) is 5.86. The molecule has 0 bridgehead atoms. The molecule has 0 saturated heterocycles. The maximum Gasteiger partial charge on any atom is 0.255 e. The molecule has 2 rings (SSSR count). The summed E-state index contributed by atoms with van der Waals surface area (Å²) < 4.78 is 0. The van der Waals surface area contributed by atoms with Gasteiger partial charge in [-0.1, -0.05) is 33.1 Å². The summed E-state index contributed by atoms with van der Waals surface area (Å²) in [4.78, 5) is 15.1. The highest BCUT2D eigenvalue weighted by Gasteiger charge is 2.22. The molecule has 100 valence electrons. The summed E-state index contributed by atoms with van der Waals surface area (Å²) in [6.07, 6.45) is 6.43. The van der Waals surface area contributed by atoms with Gasteiger partial charge in [-0.2, -0.15) is 0 Å². The van der Waals surface area contributed by atoms with Gasteiger partial charge in [0.15, 0.2) is 0 Å². The van der Waals surface area contributed by atoms with Gasteiger partial charge in [0, 0.05) is 5.69 Å². The molecule has 0 unspecified atom stereocenters. The molecule has 1 aromatic rings. The van der Waals surface area contributed by atoms with Gasteiger partial charge in [-0.25, -0.2) is 0 Å². The molecule has 0 aromatic carbocycles. The summed E-state index contributed by atoms with van der Waals surface area (Å²) in [5, 5.41) is 10.1. The van der Waals surface area contributed by atoms with E-state index in [1.54, 1.807) is 6.07 Å². The molecule has 0 radical (unpaired) electrons. The standard InChI is InChI=1S/C15H23NO2/c1-10(2)8-12-9-13(17)14(15(18)16-12)11-6-4-3-5-7-11/h9-11H,3-8H2,1-2H3,(H2,16,17,18). The van der Waals surface area contributed by atoms with Crippen LogP contribution < -0.4 is 5.56 Å². The summed E-state index contributed by atoms with van der Waals surface area (Å²) in [7, 11) is 0. The van der Waals surface area contributed by atoms with Crippen molar-refractivity contribution >= 4 is 0 Å². The van der Waals surface area contributed by atoms with Gasteiger partial charge in [0.25, 0.3) is 5.56 Å². The third-order valence-corrected chi connectivity index (χ3v) is 3.75. The summed E-state index contributed by atoms with van der Waals surface area (Å²) in [6.45, 7) is 4.20. The van der Waals surface area contributed by atoms with Gasteiger partial charge in [0.1, 0.15) is 5.75 Å². The van der Waals surface area contributed by atoms with Crippen molar-refractivity contribution < 1.29 is 5.11 Å². The number of aromatic nitrogens is 1. The molecular formula is C15H23NO2. The summed E-state index contributed by atoms with van der Waals surface area (Å²) in [5.41, 5.74) is 1.37. The van der Waals surface area contributed by atoms with Crippen molar-refractivity contribution in [3.63, 3.8) is 0 Å². The smallest absolute Gasteiger partial charge is 0.255 e. The van der Waals surface area contributed by atoms with E-state index in [9.17, 15) is 9.90 Å². The number of nitrogens with one attached hydrogen (secondary N) is 1. The van der Waals surface area contributed by atoms with Crippen molar-refractivity contribution in [2.24, 2.45) is 5.92 Å². The fourth-order valence-corrected chi connectivity index (χ4v) is 2.94. The lowest BCUT2D eigenvalue weighted by Gasteiger charge is -2.22. The fourth-order valence-electron chi connectivity index (χ4n) is 2.94. The Labute approximate surface area is 108 Å². The highest BCUT2D eigenvalue weighted by molar-refractivity contribution is 5.35. The predicted octanol–water partition coefficient (Wildman–Crippen LogP) is 3.33. The summed E-state index contributed by atoms with van der Waals surface area (Å²) in [6, 6.07) is 1.74. The van der Waals surface area contributed by atoms with Gasteiger partial charge in [0.05, 0.1) is 5.56 Å². The van der Waals surface area contributed by atoms with Crippen molar-refractivity contribution in [3.05, 3.63) is 27.7 Å². The number of hydrogen-bond donors (Lipinski definition) is 2. The molecule has 1 aromatic heterocycles. The Bertz CT molecular complexity index is 456. The van der Waals surface area contributed by atoms with Crippen LogP contribution in [0.1, 0.15) is 63.1 Å². The van der Waals surface area contributed by atoms with Crippen LogP contribution in [0.3, 0.4) is 0 Å². The first kappa shape index (κ1) is 13.2. The van der Waals surface area contributed by atoms with E-state index in [1.807, 2.05) is 0 Å². The van der Waals surface area contributed by atoms with Gasteiger partial charge in [-0.05, 0) is 37.2 Å². The monoisotopic (exact) mass is 249 g/mol. The molecule has 2 N–H and O–H groups in total. The van der Waals surface area contributed by atoms with Crippen molar-refractivity contribution in [2.75, 3.05) is 0 Å². The van der Waals surface area contributed by atoms with E-state index in [1.165, 1.54) is 6.42 Å². The second-order valence-corrected chi connectivity index (χ2v) is 5.86. The number of pyridine rings is 1. The Morgan fingerprint density at radius 2 is 2.00 bits per heavy atom. The van der Waals surface area contributed by atoms with E-state index in [-0.39, 0.29) is 17.2 Å². The van der Waals surface area contributed by atoms with Crippen LogP contribution in [0, 0.1) is 5.92 Å². The highest BCUT2D eigenvalue weighted by atomic mass is 16.3. The fraction of sp³-hybridized carbons (Fsp3) is 0.667. The van der Waals surface area contributed by atoms with Crippen LogP contribution >= 0.6 is 0 Å². The first-order valence-corrected chi connectivity index (χ1v) is 7.03. The number of hydrogen-bond acceptors (Lipinski definition) is 2. The number of H-pyrrole nitrogens is 1. The largest absolute Gasteiger partial charge is 0.507 e. The Hall–Kier alpha value is -1.25. The van der Waals surface area contributed by atoms with Crippen LogP contribution in [0.4, 0.5) is 0 Å². The SMILES string of the molecule is CC(C)Cc1cc(O)c(C2CCCCC2)c(=O)[nH]1. The third-order valence-electron chi connectivity index (χ3n) is 3.75. The van der Waals surface area contributed by atoms with E-state index in [0.29, 0.717) is 11.5 Å². The lowest BCUT2D eigenvalue weighted by Crippen LogP contribution is -2.20. The van der Waals surface area contributed by atoms with E-state index in [2.05, 4.69) is 18.8 Å². The normalized spacial score (nSPS) is 17.3. The third kappa shape index (κ3) is 2.95. The van der Waals surface area contributed by atoms with E-state index in [4.69, 9.17) is 0 Å². The Kier molecular flexibility index (Phi) is 4.10. The zero-order valence-electron chi connectivity index (χ0n) is 11.3. The minimum atomic E-state index is -0.0856. The highest BCUT2D eigenvalue weighted by Crippen LogP contribution is 2.35. The zero-order valence-corrected chi connectivity index (χ0v) is 11.3. The predicted molar refractivity (Wildman–Crippen MR) is 73.1 cm³/mol. The average Bonchev–Trinajstić information content (AvgIpc) is 2.28. The molecule has 3 nitrogen and oxygen atoms in total. The molecule has 3 heteroatoms. The lowest BCUT2D eigenvalue weighted by molar-refractivity contribution is 0.409. The number of rotatable bonds is 3. The Morgan fingerprint density at radius 3 is 2.56 bits per heavy atom. The molecular weight excluding hydrogens is 226 g/mol. The van der Waals surface area contributed by atoms with Gasteiger partial charge in [-0.15, -0.1) is 0 Å². The molecule has 0 spiro atoms. The second kappa shape index (κ2) is 5.59. The number of aromatic amines is 1. The van der Waals surface area contributed by atoms with Gasteiger partial charge in [-0.3, -0.25) is 4.79 Å². The molecule has 1 heterocycles. The maximum absolute atomic E-state index is 12.1. The van der Waals surface area contributed by atoms with Gasteiger partial charge >= 0.3 is 0 Å². The molecule has 0 aliphatic heterocycles. The minimum Gasteiger partial charge on any atom is -0.507 e. The molecule has 1 fully saturated rings. The topological polar surface area (TPSA) is 53.1 Å². The van der Waals surface area contributed by atoms with E-state index >= 15 is 0 Å². The van der Waals surface area contributed by atoms with Gasteiger partial charge in [0.2, 0.25) is 0 Å². The maximum atomic E-state index is 12.1. The molecule has 0 atom stereocenters. The summed E-state index contributed by atoms with van der Waals surface area (Å²) >= 11 is 0. The van der Waals surface area contributed by atoms with E-state index < -0.39 is 0 Å². The quantitative estimate of drug-likeness (QED) is 0.863. The molecule has 18 heavy (non-hydrogen) atoms. The van der Waals surface area contributed by atoms with Crippen molar-refractivity contribution in [1.29, 1.82) is 0 Å². The van der Waals surface area contributed by atoms with Crippen LogP contribution in [-0.2, 0) is 6.42 Å². The van der Waals surface area contributed by atoms with Crippen molar-refractivity contribution in [2.45, 2.75) is 58.3 Å². The number of aromatic hydroxyl groups is 1. The van der Waals surface area contributed by atoms with Crippen LogP contribution in [0.15, 0.2) is 10.9 Å². The summed E-state index contributed by atoms with van der Waals surface area (Å²) in [5.74, 6) is 0.914. The lowest BCUT2D eigenvalue weighted by atomic mass is 9.84. The Balaban J connectivity index is 2.28. The van der Waals surface area contributed by atoms with Crippen LogP contribution in [0.25, 0.3) is 0 Å². The van der Waals surface area contributed by atoms with E-state index in [0.717, 1.165) is 37.8 Å². The Morgan fingerprint density at radius 1 is 1.33 bits per heavy atom. The first-order chi connectivity index (χ1) is 8.58. The van der Waals surface area contributed by atoms with Crippen molar-refractivity contribution in [3.8, 4) is 5.75 Å². The first-order valence-electron chi connectivity index (χ1n) is 7.03. The van der Waals surface area contributed by atoms with Crippen molar-refractivity contribution in [1.82, 2.24) is 4.98 Å². The van der Waals surface area contributed by atoms with Crippen LogP contribution in [0.5, 0.6) is 5.75 Å². The molecule has 1 aliphatic carbocycles. The van der Waals surface area contributed by atoms with Crippen LogP contribution in [0.2, 0.25) is 0 Å². The molecule has 1 saturated carbocycles. The molecule has 1 aliphatic rings. The molecule has 0 amide bonds. The zero-order chi connectivity index (χ0) is 13.1. The minimum absolute atomic E-state index is 0.0856. The van der Waals surface area contributed by atoms with Gasteiger partial charge < -0.3 is 10.1 Å². The average molecular weight is 249 g/mol. The van der Waals surface area contributed by atoms with Crippen LogP contribution in [-0.4, -0.2) is 10.1 Å².